The first-order chi connectivity index (χ1) is 4.34. The predicted octanol–water partition coefficient (Wildman–Crippen LogP) is 1.48. The third-order valence-corrected chi connectivity index (χ3v) is 1.07. The fraction of sp³-hybridized carbons (Fsp3) is 0.800. The molecule has 0 saturated carbocycles. The second kappa shape index (κ2) is 4.43. The van der Waals surface area contributed by atoms with Crippen LogP contribution in [0.4, 0.5) is 13.2 Å². The van der Waals surface area contributed by atoms with Gasteiger partial charge in [-0.25, -0.2) is 0 Å². The van der Waals surface area contributed by atoms with Gasteiger partial charge in [-0.3, -0.25) is 4.79 Å². The van der Waals surface area contributed by atoms with Crippen LogP contribution in [0.3, 0.4) is 0 Å². The summed E-state index contributed by atoms with van der Waals surface area (Å²) in [4.78, 5) is 9.98. The Morgan fingerprint density at radius 1 is 1.55 bits per heavy atom. The Labute approximate surface area is 68.4 Å². The molecular weight excluding hydrogens is 183 g/mol. The molecule has 0 heterocycles. The van der Waals surface area contributed by atoms with Crippen LogP contribution < -0.4 is 5.73 Å². The fourth-order valence-corrected chi connectivity index (χ4v) is 0.418. The Morgan fingerprint density at radius 3 is 2.00 bits per heavy atom. The minimum atomic E-state index is -4.31. The molecule has 0 bridgehead atoms. The van der Waals surface area contributed by atoms with Crippen molar-refractivity contribution in [3.63, 3.8) is 0 Å². The van der Waals surface area contributed by atoms with E-state index in [0.717, 1.165) is 6.92 Å². The molecule has 2 N–H and O–H groups in total. The second-order valence-corrected chi connectivity index (χ2v) is 2.11. The normalized spacial score (nSPS) is 13.5. The van der Waals surface area contributed by atoms with Gasteiger partial charge in [-0.1, -0.05) is 6.92 Å². The number of amides is 1. The van der Waals surface area contributed by atoms with Crippen LogP contribution in [-0.4, -0.2) is 12.1 Å². The molecule has 0 spiro atoms. The maximum atomic E-state index is 11.6. The summed E-state index contributed by atoms with van der Waals surface area (Å²) in [5, 5.41) is 0. The van der Waals surface area contributed by atoms with E-state index in [1.165, 1.54) is 0 Å². The van der Waals surface area contributed by atoms with Gasteiger partial charge in [0.25, 0.3) is 0 Å². The summed E-state index contributed by atoms with van der Waals surface area (Å²) in [7, 11) is 0. The maximum absolute atomic E-state index is 11.6. The first-order valence-corrected chi connectivity index (χ1v) is 2.69. The van der Waals surface area contributed by atoms with Crippen LogP contribution in [0.2, 0.25) is 0 Å². The lowest BCUT2D eigenvalue weighted by Gasteiger charge is -2.12. The van der Waals surface area contributed by atoms with Crippen molar-refractivity contribution in [1.29, 1.82) is 0 Å². The zero-order chi connectivity index (χ0) is 8.36. The van der Waals surface area contributed by atoms with E-state index < -0.39 is 24.4 Å². The Kier molecular flexibility index (Phi) is 5.30. The predicted molar refractivity (Wildman–Crippen MR) is 36.3 cm³/mol. The number of carbonyl (C=O) groups excluding carboxylic acids is 1. The van der Waals surface area contributed by atoms with Crippen molar-refractivity contribution in [3.8, 4) is 0 Å². The molecule has 6 heteroatoms. The molecule has 1 amide bonds. The highest BCUT2D eigenvalue weighted by atomic mass is 35.5. The van der Waals surface area contributed by atoms with Crippen LogP contribution in [0.25, 0.3) is 0 Å². The highest BCUT2D eigenvalue weighted by molar-refractivity contribution is 5.85. The fourth-order valence-electron chi connectivity index (χ4n) is 0.418. The number of hydrogen-bond acceptors (Lipinski definition) is 1. The highest BCUT2D eigenvalue weighted by Crippen LogP contribution is 2.27. The van der Waals surface area contributed by atoms with Crippen LogP contribution in [-0.2, 0) is 4.79 Å². The number of alkyl halides is 3. The van der Waals surface area contributed by atoms with Crippen molar-refractivity contribution in [2.45, 2.75) is 19.5 Å². The van der Waals surface area contributed by atoms with Crippen LogP contribution in [0.15, 0.2) is 0 Å². The largest absolute Gasteiger partial charge is 0.392 e. The summed E-state index contributed by atoms with van der Waals surface area (Å²) in [6.45, 7) is 0.921. The van der Waals surface area contributed by atoms with Gasteiger partial charge in [0.2, 0.25) is 5.91 Å². The van der Waals surface area contributed by atoms with E-state index in [9.17, 15) is 18.0 Å². The van der Waals surface area contributed by atoms with Gasteiger partial charge < -0.3 is 5.73 Å². The Balaban J connectivity index is 0. The first kappa shape index (κ1) is 13.2. The molecule has 0 radical (unpaired) electrons. The SMILES string of the molecule is CC(CC(N)=O)C(F)(F)F.Cl. The van der Waals surface area contributed by atoms with Gasteiger partial charge in [-0.2, -0.15) is 13.2 Å². The topological polar surface area (TPSA) is 43.1 Å². The van der Waals surface area contributed by atoms with E-state index in [4.69, 9.17) is 0 Å². The lowest BCUT2D eigenvalue weighted by molar-refractivity contribution is -0.173. The van der Waals surface area contributed by atoms with E-state index in [1.54, 1.807) is 0 Å². The van der Waals surface area contributed by atoms with Crippen molar-refractivity contribution in [3.05, 3.63) is 0 Å². The van der Waals surface area contributed by atoms with Crippen molar-refractivity contribution in [1.82, 2.24) is 0 Å². The summed E-state index contributed by atoms with van der Waals surface area (Å²) in [6, 6.07) is 0. The molecule has 0 fully saturated rings. The lowest BCUT2D eigenvalue weighted by atomic mass is 10.1. The van der Waals surface area contributed by atoms with E-state index in [-0.39, 0.29) is 12.4 Å². The minimum absolute atomic E-state index is 0. The Hall–Kier alpha value is -0.450. The molecule has 0 rings (SSSR count). The molecular formula is C5H9ClF3NO. The zero-order valence-corrected chi connectivity index (χ0v) is 6.63. The van der Waals surface area contributed by atoms with Crippen LogP contribution >= 0.6 is 12.4 Å². The molecule has 2 nitrogen and oxygen atoms in total. The van der Waals surface area contributed by atoms with Gasteiger partial charge in [0, 0.05) is 6.42 Å². The third-order valence-electron chi connectivity index (χ3n) is 1.07. The summed E-state index contributed by atoms with van der Waals surface area (Å²) >= 11 is 0. The second-order valence-electron chi connectivity index (χ2n) is 2.11. The molecule has 0 aliphatic heterocycles. The number of hydrogen-bond donors (Lipinski definition) is 1. The van der Waals surface area contributed by atoms with E-state index in [2.05, 4.69) is 5.73 Å². The van der Waals surface area contributed by atoms with Gasteiger partial charge in [-0.05, 0) is 0 Å². The number of carbonyl (C=O) groups is 1. The van der Waals surface area contributed by atoms with Crippen LogP contribution in [0, 0.1) is 5.92 Å². The molecule has 1 atom stereocenters. The quantitative estimate of drug-likeness (QED) is 0.706. The Bertz CT molecular complexity index is 136. The summed E-state index contributed by atoms with van der Waals surface area (Å²) in [6.07, 6.45) is -4.95. The summed E-state index contributed by atoms with van der Waals surface area (Å²) < 4.78 is 34.8. The molecule has 0 aromatic heterocycles. The highest BCUT2D eigenvalue weighted by Gasteiger charge is 2.36. The van der Waals surface area contributed by atoms with Crippen molar-refractivity contribution in [2.75, 3.05) is 0 Å². The average molecular weight is 192 g/mol. The number of rotatable bonds is 2. The average Bonchev–Trinajstić information content (AvgIpc) is 1.60. The molecule has 0 aliphatic carbocycles. The smallest absolute Gasteiger partial charge is 0.370 e. The van der Waals surface area contributed by atoms with Gasteiger partial charge in [0.15, 0.2) is 0 Å². The van der Waals surface area contributed by atoms with E-state index in [1.807, 2.05) is 0 Å². The summed E-state index contributed by atoms with van der Waals surface area (Å²) in [5.41, 5.74) is 4.55. The molecule has 0 aliphatic rings. The van der Waals surface area contributed by atoms with Crippen LogP contribution in [0.5, 0.6) is 0 Å². The molecule has 0 aromatic rings. The molecule has 68 valence electrons. The Morgan fingerprint density at radius 2 is 1.91 bits per heavy atom. The molecule has 0 saturated heterocycles. The van der Waals surface area contributed by atoms with E-state index >= 15 is 0 Å². The van der Waals surface area contributed by atoms with Gasteiger partial charge in [-0.15, -0.1) is 12.4 Å². The lowest BCUT2D eigenvalue weighted by Crippen LogP contribution is -2.25. The van der Waals surface area contributed by atoms with Crippen molar-refractivity contribution < 1.29 is 18.0 Å². The first-order valence-electron chi connectivity index (χ1n) is 2.69. The van der Waals surface area contributed by atoms with Crippen molar-refractivity contribution in [2.24, 2.45) is 11.7 Å². The zero-order valence-electron chi connectivity index (χ0n) is 5.81. The van der Waals surface area contributed by atoms with Crippen molar-refractivity contribution >= 4 is 18.3 Å². The molecule has 11 heavy (non-hydrogen) atoms. The monoisotopic (exact) mass is 191 g/mol. The number of primary amides is 1. The number of halogens is 4. The van der Waals surface area contributed by atoms with Gasteiger partial charge in [0.05, 0.1) is 5.92 Å². The third kappa shape index (κ3) is 5.97. The summed E-state index contributed by atoms with van der Waals surface area (Å²) in [5.74, 6) is -2.56. The maximum Gasteiger partial charge on any atom is 0.392 e. The molecule has 0 aromatic carbocycles. The van der Waals surface area contributed by atoms with Gasteiger partial charge >= 0.3 is 6.18 Å². The number of nitrogens with two attached hydrogens (primary N) is 1. The minimum Gasteiger partial charge on any atom is -0.370 e. The molecule has 1 unspecified atom stereocenters. The van der Waals surface area contributed by atoms with Crippen LogP contribution in [0.1, 0.15) is 13.3 Å². The standard InChI is InChI=1S/C5H8F3NO.ClH/c1-3(2-4(9)10)5(6,7)8;/h3H,2H2,1H3,(H2,9,10);1H. The van der Waals surface area contributed by atoms with Gasteiger partial charge in [0.1, 0.15) is 0 Å². The van der Waals surface area contributed by atoms with E-state index in [0.29, 0.717) is 0 Å².